The Morgan fingerprint density at radius 2 is 1.26 bits per heavy atom. The Kier molecular flexibility index (Phi) is 5.93. The van der Waals surface area contributed by atoms with Gasteiger partial charge in [-0.05, 0) is 23.3 Å². The second kappa shape index (κ2) is 7.07. The van der Waals surface area contributed by atoms with Crippen LogP contribution < -0.4 is 0 Å². The van der Waals surface area contributed by atoms with Crippen LogP contribution in [-0.4, -0.2) is 0 Å². The fourth-order valence-corrected chi connectivity index (χ4v) is 3.53. The van der Waals surface area contributed by atoms with Crippen molar-refractivity contribution in [1.82, 2.24) is 0 Å². The van der Waals surface area contributed by atoms with E-state index in [9.17, 15) is 13.2 Å². The summed E-state index contributed by atoms with van der Waals surface area (Å²) in [5, 5.41) is -0.155. The van der Waals surface area contributed by atoms with Gasteiger partial charge in [0, 0.05) is 11.4 Å². The van der Waals surface area contributed by atoms with Gasteiger partial charge in [-0.15, -0.1) is 11.6 Å². The normalized spacial score (nSPS) is 11.9. The molecule has 0 N–H and O–H groups in total. The van der Waals surface area contributed by atoms with Crippen LogP contribution in [0.1, 0.15) is 11.1 Å². The maximum absolute atomic E-state index is 12.8. The molecule has 0 unspecified atom stereocenters. The Bertz CT molecular complexity index is 741. The van der Waals surface area contributed by atoms with E-state index in [1.807, 2.05) is 0 Å². The van der Waals surface area contributed by atoms with Gasteiger partial charge in [0.15, 0.2) is 0 Å². The fraction of sp³-hybridized carbons (Fsp3) is 0.143. The van der Waals surface area contributed by atoms with Gasteiger partial charge in [0.25, 0.3) is 0 Å². The number of rotatable bonds is 2. The summed E-state index contributed by atoms with van der Waals surface area (Å²) >= 11 is 35.9. The van der Waals surface area contributed by atoms with Crippen LogP contribution in [-0.2, 0) is 12.1 Å². The highest BCUT2D eigenvalue weighted by atomic mass is 35.5. The number of hydrogen-bond acceptors (Lipinski definition) is 0. The second-order valence-corrected chi connectivity index (χ2v) is 6.61. The number of benzene rings is 2. The van der Waals surface area contributed by atoms with Crippen LogP contribution in [0.15, 0.2) is 18.2 Å². The van der Waals surface area contributed by atoms with Gasteiger partial charge in [-0.3, -0.25) is 0 Å². The van der Waals surface area contributed by atoms with Crippen LogP contribution in [0.5, 0.6) is 0 Å². The number of hydrogen-bond donors (Lipinski definition) is 0. The van der Waals surface area contributed by atoms with Crippen LogP contribution in [0, 0.1) is 0 Å². The molecular weight excluding hydrogens is 438 g/mol. The summed E-state index contributed by atoms with van der Waals surface area (Å²) in [5.41, 5.74) is -0.185. The molecule has 0 aromatic heterocycles. The molecule has 124 valence electrons. The summed E-state index contributed by atoms with van der Waals surface area (Å²) in [5.74, 6) is -0.191. The summed E-state index contributed by atoms with van der Waals surface area (Å²) in [6, 6.07) is 3.04. The van der Waals surface area contributed by atoms with E-state index in [1.54, 1.807) is 0 Å². The average Bonchev–Trinajstić information content (AvgIpc) is 2.50. The zero-order valence-corrected chi connectivity index (χ0v) is 15.4. The quantitative estimate of drug-likeness (QED) is 0.249. The lowest BCUT2D eigenvalue weighted by Gasteiger charge is -2.17. The number of alkyl halides is 4. The van der Waals surface area contributed by atoms with Gasteiger partial charge in [-0.25, -0.2) is 0 Å². The van der Waals surface area contributed by atoms with Crippen LogP contribution in [0.3, 0.4) is 0 Å². The molecular formula is C14H5Cl6F3. The molecule has 0 nitrogen and oxygen atoms in total. The highest BCUT2D eigenvalue weighted by Crippen LogP contribution is 2.49. The topological polar surface area (TPSA) is 0 Å². The van der Waals surface area contributed by atoms with E-state index >= 15 is 0 Å². The third-order valence-corrected chi connectivity index (χ3v) is 5.62. The molecule has 0 spiro atoms. The Labute approximate surface area is 160 Å². The SMILES string of the molecule is FC(F)(F)c1ccc(-c2c(Cl)c(Cl)c(Cl)c(Cl)c2Cl)c(CCl)c1. The smallest absolute Gasteiger partial charge is 0.166 e. The Morgan fingerprint density at radius 1 is 0.783 bits per heavy atom. The predicted octanol–water partition coefficient (Wildman–Crippen LogP) is 8.38. The molecule has 0 saturated carbocycles. The molecule has 0 aliphatic carbocycles. The van der Waals surface area contributed by atoms with Crippen LogP contribution in [0.25, 0.3) is 11.1 Å². The van der Waals surface area contributed by atoms with Crippen LogP contribution in [0.2, 0.25) is 25.1 Å². The zero-order chi connectivity index (χ0) is 17.5. The Morgan fingerprint density at radius 3 is 1.70 bits per heavy atom. The standard InChI is InChI=1S/C14H5Cl6F3/c15-4-5-3-6(14(21,22)23)1-2-7(5)8-9(16)11(18)13(20)12(19)10(8)17/h1-3H,4H2. The molecule has 0 saturated heterocycles. The van der Waals surface area contributed by atoms with E-state index in [0.29, 0.717) is 5.56 Å². The summed E-state index contributed by atoms with van der Waals surface area (Å²) in [6.07, 6.45) is -4.50. The van der Waals surface area contributed by atoms with Crippen molar-refractivity contribution in [2.45, 2.75) is 12.1 Å². The molecule has 0 aliphatic rings. The molecule has 0 aliphatic heterocycles. The van der Waals surface area contributed by atoms with Gasteiger partial charge in [0.1, 0.15) is 0 Å². The average molecular weight is 443 g/mol. The van der Waals surface area contributed by atoms with Gasteiger partial charge in [0.2, 0.25) is 0 Å². The summed E-state index contributed by atoms with van der Waals surface area (Å²) in [6.45, 7) is 0. The van der Waals surface area contributed by atoms with Crippen molar-refractivity contribution < 1.29 is 13.2 Å². The van der Waals surface area contributed by atoms with E-state index in [-0.39, 0.29) is 42.1 Å². The first-order valence-electron chi connectivity index (χ1n) is 5.87. The third kappa shape index (κ3) is 3.65. The summed E-state index contributed by atoms with van der Waals surface area (Å²) in [7, 11) is 0. The third-order valence-electron chi connectivity index (χ3n) is 3.06. The van der Waals surface area contributed by atoms with E-state index in [4.69, 9.17) is 69.6 Å². The van der Waals surface area contributed by atoms with Crippen LogP contribution >= 0.6 is 69.6 Å². The molecule has 0 bridgehead atoms. The molecule has 9 heteroatoms. The van der Waals surface area contributed by atoms with Crippen molar-refractivity contribution in [3.63, 3.8) is 0 Å². The van der Waals surface area contributed by atoms with E-state index < -0.39 is 11.7 Å². The first-order valence-corrected chi connectivity index (χ1v) is 8.30. The van der Waals surface area contributed by atoms with E-state index in [1.165, 1.54) is 6.07 Å². The minimum absolute atomic E-state index is 0.0165. The minimum Gasteiger partial charge on any atom is -0.166 e. The van der Waals surface area contributed by atoms with Crippen molar-refractivity contribution in [2.24, 2.45) is 0 Å². The molecule has 0 atom stereocenters. The highest BCUT2D eigenvalue weighted by molar-refractivity contribution is 6.56. The lowest BCUT2D eigenvalue weighted by atomic mass is 9.98. The van der Waals surface area contributed by atoms with Gasteiger partial charge in [0.05, 0.1) is 30.7 Å². The van der Waals surface area contributed by atoms with E-state index in [0.717, 1.165) is 12.1 Å². The second-order valence-electron chi connectivity index (χ2n) is 4.45. The predicted molar refractivity (Wildman–Crippen MR) is 91.5 cm³/mol. The molecule has 0 amide bonds. The van der Waals surface area contributed by atoms with Gasteiger partial charge in [-0.2, -0.15) is 13.2 Å². The molecule has 2 aromatic rings. The van der Waals surface area contributed by atoms with E-state index in [2.05, 4.69) is 0 Å². The lowest BCUT2D eigenvalue weighted by molar-refractivity contribution is -0.137. The largest absolute Gasteiger partial charge is 0.416 e. The summed E-state index contributed by atoms with van der Waals surface area (Å²) in [4.78, 5) is 0. The maximum Gasteiger partial charge on any atom is 0.416 e. The fourth-order valence-electron chi connectivity index (χ4n) is 1.97. The Hall–Kier alpha value is -0.0300. The van der Waals surface area contributed by atoms with Gasteiger partial charge < -0.3 is 0 Å². The molecule has 0 radical (unpaired) electrons. The molecule has 2 rings (SSSR count). The van der Waals surface area contributed by atoms with Crippen LogP contribution in [0.4, 0.5) is 13.2 Å². The van der Waals surface area contributed by atoms with Gasteiger partial charge >= 0.3 is 6.18 Å². The monoisotopic (exact) mass is 440 g/mol. The number of halogens is 9. The lowest BCUT2D eigenvalue weighted by Crippen LogP contribution is -2.06. The molecule has 2 aromatic carbocycles. The minimum atomic E-state index is -4.50. The van der Waals surface area contributed by atoms with Crippen molar-refractivity contribution in [1.29, 1.82) is 0 Å². The summed E-state index contributed by atoms with van der Waals surface area (Å²) < 4.78 is 38.5. The molecule has 0 fully saturated rings. The first kappa shape index (κ1) is 19.3. The van der Waals surface area contributed by atoms with Gasteiger partial charge in [-0.1, -0.05) is 64.1 Å². The molecule has 0 heterocycles. The van der Waals surface area contributed by atoms with Crippen molar-refractivity contribution >= 4 is 69.6 Å². The molecule has 23 heavy (non-hydrogen) atoms. The van der Waals surface area contributed by atoms with Crippen molar-refractivity contribution in [3.8, 4) is 11.1 Å². The first-order chi connectivity index (χ1) is 10.6. The van der Waals surface area contributed by atoms with Crippen molar-refractivity contribution in [3.05, 3.63) is 54.4 Å². The van der Waals surface area contributed by atoms with Crippen molar-refractivity contribution in [2.75, 3.05) is 0 Å². The Balaban J connectivity index is 2.78. The maximum atomic E-state index is 12.8. The zero-order valence-electron chi connectivity index (χ0n) is 10.8. The highest BCUT2D eigenvalue weighted by Gasteiger charge is 2.31.